The molecule has 0 aromatic heterocycles. The monoisotopic (exact) mass is 153 g/mol. The minimum absolute atomic E-state index is 0.396. The molecule has 0 saturated carbocycles. The summed E-state index contributed by atoms with van der Waals surface area (Å²) in [5.41, 5.74) is 0. The van der Waals surface area contributed by atoms with E-state index in [0.717, 1.165) is 0 Å². The maximum atomic E-state index is 11.5. The van der Waals surface area contributed by atoms with Crippen LogP contribution in [0, 0.1) is 0 Å². The van der Waals surface area contributed by atoms with Crippen molar-refractivity contribution in [2.24, 2.45) is 0 Å². The summed E-state index contributed by atoms with van der Waals surface area (Å²) in [6.45, 7) is 0.797. The van der Waals surface area contributed by atoms with Gasteiger partial charge in [-0.25, -0.2) is 8.78 Å². The van der Waals surface area contributed by atoms with Crippen LogP contribution >= 0.6 is 0 Å². The van der Waals surface area contributed by atoms with Crippen LogP contribution < -0.4 is 5.32 Å². The van der Waals surface area contributed by atoms with Gasteiger partial charge in [0.25, 0.3) is 6.43 Å². The van der Waals surface area contributed by atoms with Gasteiger partial charge < -0.3 is 10.4 Å². The van der Waals surface area contributed by atoms with E-state index in [-0.39, 0.29) is 0 Å². The Labute approximate surface area is 57.0 Å². The zero-order valence-electron chi connectivity index (χ0n) is 5.47. The molecule has 5 heteroatoms. The van der Waals surface area contributed by atoms with Crippen molar-refractivity contribution in [1.29, 1.82) is 0 Å². The number of alkyl halides is 2. The predicted molar refractivity (Wildman–Crippen MR) is 30.7 cm³/mol. The summed E-state index contributed by atoms with van der Waals surface area (Å²) in [5, 5.41) is 10.5. The van der Waals surface area contributed by atoms with Gasteiger partial charge in [0.1, 0.15) is 6.10 Å². The van der Waals surface area contributed by atoms with Crippen molar-refractivity contribution in [3.05, 3.63) is 0 Å². The molecule has 0 radical (unpaired) electrons. The fraction of sp³-hybridized carbons (Fsp3) is 0.800. The standard InChI is InChI=1S/C5H9F2NO2/c1-3(9)8-2-4(10)5(6)7/h4-5,10H,2H2,1H3,(H,8,9). The summed E-state index contributed by atoms with van der Waals surface area (Å²) in [5.74, 6) is -0.431. The zero-order valence-corrected chi connectivity index (χ0v) is 5.47. The number of halogens is 2. The van der Waals surface area contributed by atoms with Gasteiger partial charge in [-0.3, -0.25) is 4.79 Å². The first kappa shape index (κ1) is 9.29. The minimum atomic E-state index is -2.80. The van der Waals surface area contributed by atoms with Crippen molar-refractivity contribution in [3.63, 3.8) is 0 Å². The Kier molecular flexibility index (Phi) is 3.87. The van der Waals surface area contributed by atoms with Crippen molar-refractivity contribution in [2.75, 3.05) is 6.54 Å². The summed E-state index contributed by atoms with van der Waals surface area (Å²) < 4.78 is 23.0. The van der Waals surface area contributed by atoms with Crippen LogP contribution in [0.25, 0.3) is 0 Å². The fourth-order valence-electron chi connectivity index (χ4n) is 0.337. The van der Waals surface area contributed by atoms with E-state index in [1.807, 2.05) is 0 Å². The fourth-order valence-corrected chi connectivity index (χ4v) is 0.337. The SMILES string of the molecule is CC(=O)NCC(O)C(F)F. The Morgan fingerprint density at radius 3 is 2.50 bits per heavy atom. The molecule has 60 valence electrons. The molecule has 3 nitrogen and oxygen atoms in total. The lowest BCUT2D eigenvalue weighted by molar-refractivity contribution is -0.120. The second-order valence-electron chi connectivity index (χ2n) is 1.84. The van der Waals surface area contributed by atoms with Crippen LogP contribution in [0.3, 0.4) is 0 Å². The second kappa shape index (κ2) is 4.16. The smallest absolute Gasteiger partial charge is 0.265 e. The number of hydrogen-bond acceptors (Lipinski definition) is 2. The highest BCUT2D eigenvalue weighted by atomic mass is 19.3. The number of nitrogens with one attached hydrogen (secondary N) is 1. The van der Waals surface area contributed by atoms with Crippen molar-refractivity contribution < 1.29 is 18.7 Å². The molecule has 0 aliphatic carbocycles. The first-order chi connectivity index (χ1) is 4.54. The minimum Gasteiger partial charge on any atom is -0.385 e. The van der Waals surface area contributed by atoms with E-state index >= 15 is 0 Å². The number of aliphatic hydroxyl groups excluding tert-OH is 1. The van der Waals surface area contributed by atoms with Crippen molar-refractivity contribution >= 4 is 5.91 Å². The van der Waals surface area contributed by atoms with Crippen LogP contribution in [-0.4, -0.2) is 30.1 Å². The number of rotatable bonds is 3. The van der Waals surface area contributed by atoms with Crippen molar-refractivity contribution in [2.45, 2.75) is 19.5 Å². The second-order valence-corrected chi connectivity index (χ2v) is 1.84. The molecule has 0 rings (SSSR count). The Bertz CT molecular complexity index is 118. The first-order valence-electron chi connectivity index (χ1n) is 2.74. The normalized spacial score (nSPS) is 13.3. The molecule has 0 aliphatic heterocycles. The Hall–Kier alpha value is -0.710. The average Bonchev–Trinajstić information content (AvgIpc) is 1.82. The molecule has 0 aromatic rings. The molecule has 0 bridgehead atoms. The van der Waals surface area contributed by atoms with Crippen LogP contribution in [0.15, 0.2) is 0 Å². The Morgan fingerprint density at radius 1 is 1.70 bits per heavy atom. The van der Waals surface area contributed by atoms with Gasteiger partial charge in [0.05, 0.1) is 0 Å². The lowest BCUT2D eigenvalue weighted by atomic mass is 10.4. The largest absolute Gasteiger partial charge is 0.385 e. The summed E-state index contributed by atoms with van der Waals surface area (Å²) >= 11 is 0. The maximum Gasteiger partial charge on any atom is 0.265 e. The third-order valence-electron chi connectivity index (χ3n) is 0.851. The molecule has 1 unspecified atom stereocenters. The van der Waals surface area contributed by atoms with Crippen molar-refractivity contribution in [3.8, 4) is 0 Å². The molecule has 0 aliphatic rings. The van der Waals surface area contributed by atoms with Gasteiger partial charge in [0.2, 0.25) is 5.91 Å². The topological polar surface area (TPSA) is 49.3 Å². The third-order valence-corrected chi connectivity index (χ3v) is 0.851. The highest BCUT2D eigenvalue weighted by Crippen LogP contribution is 1.97. The molecule has 0 saturated heterocycles. The van der Waals surface area contributed by atoms with Gasteiger partial charge >= 0.3 is 0 Å². The van der Waals surface area contributed by atoms with Crippen LogP contribution in [0.5, 0.6) is 0 Å². The molecule has 1 amide bonds. The number of carbonyl (C=O) groups excluding carboxylic acids is 1. The van der Waals surface area contributed by atoms with E-state index in [9.17, 15) is 13.6 Å². The van der Waals surface area contributed by atoms with E-state index in [0.29, 0.717) is 0 Å². The molecular formula is C5H9F2NO2. The number of aliphatic hydroxyl groups is 1. The average molecular weight is 153 g/mol. The lowest BCUT2D eigenvalue weighted by Gasteiger charge is -2.08. The van der Waals surface area contributed by atoms with E-state index in [1.54, 1.807) is 0 Å². The Balaban J connectivity index is 3.39. The van der Waals surface area contributed by atoms with Crippen LogP contribution in [0.4, 0.5) is 8.78 Å². The highest BCUT2D eigenvalue weighted by molar-refractivity contribution is 5.72. The lowest BCUT2D eigenvalue weighted by Crippen LogP contribution is -2.34. The summed E-state index contributed by atoms with van der Waals surface area (Å²) in [6, 6.07) is 0. The van der Waals surface area contributed by atoms with Gasteiger partial charge in [0.15, 0.2) is 0 Å². The summed E-state index contributed by atoms with van der Waals surface area (Å²) in [7, 11) is 0. The van der Waals surface area contributed by atoms with Gasteiger partial charge in [0, 0.05) is 13.5 Å². The Morgan fingerprint density at radius 2 is 2.20 bits per heavy atom. The molecule has 0 aromatic carbocycles. The van der Waals surface area contributed by atoms with Gasteiger partial charge in [-0.15, -0.1) is 0 Å². The van der Waals surface area contributed by atoms with Crippen molar-refractivity contribution in [1.82, 2.24) is 5.32 Å². The molecule has 2 N–H and O–H groups in total. The number of carbonyl (C=O) groups is 1. The van der Waals surface area contributed by atoms with Gasteiger partial charge in [-0.2, -0.15) is 0 Å². The third kappa shape index (κ3) is 4.20. The molecular weight excluding hydrogens is 144 g/mol. The van der Waals surface area contributed by atoms with E-state index in [4.69, 9.17) is 5.11 Å². The van der Waals surface area contributed by atoms with Crippen LogP contribution in [0.2, 0.25) is 0 Å². The molecule has 1 atom stereocenters. The van der Waals surface area contributed by atoms with Gasteiger partial charge in [-0.1, -0.05) is 0 Å². The van der Waals surface area contributed by atoms with Gasteiger partial charge in [-0.05, 0) is 0 Å². The molecule has 0 fully saturated rings. The summed E-state index contributed by atoms with van der Waals surface area (Å²) in [4.78, 5) is 10.1. The van der Waals surface area contributed by atoms with E-state index < -0.39 is 25.0 Å². The van der Waals surface area contributed by atoms with E-state index in [1.165, 1.54) is 6.92 Å². The number of amides is 1. The molecule has 0 spiro atoms. The maximum absolute atomic E-state index is 11.5. The highest BCUT2D eigenvalue weighted by Gasteiger charge is 2.15. The van der Waals surface area contributed by atoms with Crippen LogP contribution in [-0.2, 0) is 4.79 Å². The number of hydrogen-bond donors (Lipinski definition) is 2. The molecule has 10 heavy (non-hydrogen) atoms. The molecule has 0 heterocycles. The quantitative estimate of drug-likeness (QED) is 0.587. The van der Waals surface area contributed by atoms with Crippen LogP contribution in [0.1, 0.15) is 6.92 Å². The predicted octanol–water partition coefficient (Wildman–Crippen LogP) is -0.252. The van der Waals surface area contributed by atoms with E-state index in [2.05, 4.69) is 5.32 Å². The first-order valence-corrected chi connectivity index (χ1v) is 2.74. The summed E-state index contributed by atoms with van der Waals surface area (Å²) in [6.07, 6.45) is -4.56. The zero-order chi connectivity index (χ0) is 8.15.